The zero-order valence-corrected chi connectivity index (χ0v) is 18.5. The fraction of sp³-hybridized carbons (Fsp3) is 0.833. The Morgan fingerprint density at radius 3 is 2.00 bits per heavy atom. The van der Waals surface area contributed by atoms with Gasteiger partial charge in [0.15, 0.2) is 6.61 Å². The molecule has 0 heterocycles. The van der Waals surface area contributed by atoms with E-state index in [0.717, 1.165) is 25.7 Å². The van der Waals surface area contributed by atoms with Crippen LogP contribution >= 0.6 is 0 Å². The third-order valence-corrected chi connectivity index (χ3v) is 4.54. The maximum Gasteiger partial charge on any atom is 0.306 e. The summed E-state index contributed by atoms with van der Waals surface area (Å²) < 4.78 is 10.2. The van der Waals surface area contributed by atoms with Crippen molar-refractivity contribution < 1.29 is 19.1 Å². The Labute approximate surface area is 173 Å². The van der Waals surface area contributed by atoms with Crippen LogP contribution in [0.5, 0.6) is 0 Å². The summed E-state index contributed by atoms with van der Waals surface area (Å²) in [5.41, 5.74) is 0. The van der Waals surface area contributed by atoms with Gasteiger partial charge in [0.2, 0.25) is 0 Å². The van der Waals surface area contributed by atoms with E-state index >= 15 is 0 Å². The number of esters is 2. The summed E-state index contributed by atoms with van der Waals surface area (Å²) in [6.45, 7) is 7.15. The van der Waals surface area contributed by atoms with Crippen molar-refractivity contribution in [3.8, 4) is 11.8 Å². The summed E-state index contributed by atoms with van der Waals surface area (Å²) in [5, 5.41) is 0. The van der Waals surface area contributed by atoms with Gasteiger partial charge in [0, 0.05) is 19.3 Å². The molecule has 4 nitrogen and oxygen atoms in total. The van der Waals surface area contributed by atoms with E-state index < -0.39 is 0 Å². The van der Waals surface area contributed by atoms with Gasteiger partial charge in [-0.3, -0.25) is 9.59 Å². The van der Waals surface area contributed by atoms with E-state index in [1.165, 1.54) is 44.9 Å². The van der Waals surface area contributed by atoms with Crippen LogP contribution in [0.1, 0.15) is 111 Å². The summed E-state index contributed by atoms with van der Waals surface area (Å²) in [4.78, 5) is 23.1. The average molecular weight is 395 g/mol. The normalized spacial score (nSPS) is 10.4. The first-order chi connectivity index (χ1) is 13.6. The molecule has 0 aromatic rings. The first kappa shape index (κ1) is 26.5. The number of carbonyl (C=O) groups excluding carboxylic acids is 2. The maximum atomic E-state index is 11.6. The van der Waals surface area contributed by atoms with Crippen molar-refractivity contribution >= 4 is 11.9 Å². The Morgan fingerprint density at radius 1 is 0.750 bits per heavy atom. The molecule has 0 N–H and O–H groups in total. The first-order valence-corrected chi connectivity index (χ1v) is 11.3. The van der Waals surface area contributed by atoms with E-state index in [-0.39, 0.29) is 31.4 Å². The number of carbonyl (C=O) groups is 2. The third kappa shape index (κ3) is 20.8. The monoisotopic (exact) mass is 394 g/mol. The molecule has 0 saturated heterocycles. The van der Waals surface area contributed by atoms with Gasteiger partial charge in [-0.05, 0) is 31.6 Å². The lowest BCUT2D eigenvalue weighted by Gasteiger charge is -2.06. The predicted octanol–water partition coefficient (Wildman–Crippen LogP) is 6.21. The molecule has 0 aromatic heterocycles. The van der Waals surface area contributed by atoms with Crippen LogP contribution in [-0.2, 0) is 19.1 Å². The molecule has 0 aliphatic carbocycles. The number of rotatable bonds is 17. The van der Waals surface area contributed by atoms with Gasteiger partial charge < -0.3 is 9.47 Å². The standard InChI is InChI=1S/C24H42O4/c1-4-5-6-7-8-9-10-11-12-13-14-20-27-23(25)18-15-19-24(26)28-21-16-17-22(2)3/h22H,4-12,15-21H2,1-3H3. The fourth-order valence-corrected chi connectivity index (χ4v) is 2.80. The zero-order chi connectivity index (χ0) is 20.9. The van der Waals surface area contributed by atoms with Gasteiger partial charge >= 0.3 is 11.9 Å². The lowest BCUT2D eigenvalue weighted by molar-refractivity contribution is -0.145. The molecular weight excluding hydrogens is 352 g/mol. The van der Waals surface area contributed by atoms with Crippen molar-refractivity contribution in [2.75, 3.05) is 13.2 Å². The van der Waals surface area contributed by atoms with E-state index in [4.69, 9.17) is 9.47 Å². The fourth-order valence-electron chi connectivity index (χ4n) is 2.80. The Morgan fingerprint density at radius 2 is 1.36 bits per heavy atom. The van der Waals surface area contributed by atoms with Crippen molar-refractivity contribution in [3.63, 3.8) is 0 Å². The molecule has 0 aliphatic rings. The highest BCUT2D eigenvalue weighted by Crippen LogP contribution is 2.09. The lowest BCUT2D eigenvalue weighted by Crippen LogP contribution is -2.09. The predicted molar refractivity (Wildman–Crippen MR) is 115 cm³/mol. The summed E-state index contributed by atoms with van der Waals surface area (Å²) in [6.07, 6.45) is 14.1. The number of hydrogen-bond donors (Lipinski definition) is 0. The smallest absolute Gasteiger partial charge is 0.306 e. The van der Waals surface area contributed by atoms with Crippen LogP contribution in [0, 0.1) is 17.8 Å². The number of hydrogen-bond acceptors (Lipinski definition) is 4. The molecule has 28 heavy (non-hydrogen) atoms. The van der Waals surface area contributed by atoms with Crippen molar-refractivity contribution in [1.82, 2.24) is 0 Å². The van der Waals surface area contributed by atoms with Crippen LogP contribution in [0.15, 0.2) is 0 Å². The van der Waals surface area contributed by atoms with Crippen molar-refractivity contribution in [2.24, 2.45) is 5.92 Å². The van der Waals surface area contributed by atoms with Crippen molar-refractivity contribution in [3.05, 3.63) is 0 Å². The first-order valence-electron chi connectivity index (χ1n) is 11.3. The van der Waals surface area contributed by atoms with Crippen LogP contribution in [0.25, 0.3) is 0 Å². The Hall–Kier alpha value is -1.50. The second kappa shape index (κ2) is 20.2. The molecule has 0 unspecified atom stereocenters. The second-order valence-corrected chi connectivity index (χ2v) is 7.85. The highest BCUT2D eigenvalue weighted by atomic mass is 16.5. The summed E-state index contributed by atoms with van der Waals surface area (Å²) >= 11 is 0. The summed E-state index contributed by atoms with van der Waals surface area (Å²) in [6, 6.07) is 0. The molecule has 4 heteroatoms. The minimum Gasteiger partial charge on any atom is -0.466 e. The van der Waals surface area contributed by atoms with E-state index in [2.05, 4.69) is 32.6 Å². The third-order valence-electron chi connectivity index (χ3n) is 4.54. The van der Waals surface area contributed by atoms with Crippen molar-refractivity contribution in [2.45, 2.75) is 111 Å². The van der Waals surface area contributed by atoms with Gasteiger partial charge in [0.1, 0.15) is 0 Å². The van der Waals surface area contributed by atoms with E-state index in [0.29, 0.717) is 18.9 Å². The highest BCUT2D eigenvalue weighted by molar-refractivity contribution is 5.72. The quantitative estimate of drug-likeness (QED) is 0.167. The van der Waals surface area contributed by atoms with E-state index in [1.807, 2.05) is 0 Å². The average Bonchev–Trinajstić information content (AvgIpc) is 2.66. The van der Waals surface area contributed by atoms with Gasteiger partial charge in [0.05, 0.1) is 6.61 Å². The highest BCUT2D eigenvalue weighted by Gasteiger charge is 2.07. The van der Waals surface area contributed by atoms with Crippen LogP contribution < -0.4 is 0 Å². The molecular formula is C24H42O4. The Bertz CT molecular complexity index is 445. The van der Waals surface area contributed by atoms with Crippen molar-refractivity contribution in [1.29, 1.82) is 0 Å². The summed E-state index contributed by atoms with van der Waals surface area (Å²) in [7, 11) is 0. The van der Waals surface area contributed by atoms with Crippen LogP contribution in [0.2, 0.25) is 0 Å². The maximum absolute atomic E-state index is 11.6. The topological polar surface area (TPSA) is 52.6 Å². The minimum absolute atomic E-state index is 0.148. The minimum atomic E-state index is -0.297. The van der Waals surface area contributed by atoms with E-state index in [9.17, 15) is 9.59 Å². The largest absolute Gasteiger partial charge is 0.466 e. The van der Waals surface area contributed by atoms with Crippen LogP contribution in [0.3, 0.4) is 0 Å². The lowest BCUT2D eigenvalue weighted by atomic mass is 10.1. The zero-order valence-electron chi connectivity index (χ0n) is 18.5. The number of unbranched alkanes of at least 4 members (excludes halogenated alkanes) is 8. The van der Waals surface area contributed by atoms with Gasteiger partial charge in [-0.25, -0.2) is 0 Å². The molecule has 162 valence electrons. The van der Waals surface area contributed by atoms with Gasteiger partial charge in [-0.15, -0.1) is 0 Å². The van der Waals surface area contributed by atoms with E-state index in [1.54, 1.807) is 0 Å². The Balaban J connectivity index is 3.44. The second-order valence-electron chi connectivity index (χ2n) is 7.85. The molecule has 0 amide bonds. The molecule has 0 rings (SSSR count). The SMILES string of the molecule is CCCCCCCCCCC#CCOC(=O)CCCC(=O)OCCCC(C)C. The van der Waals surface area contributed by atoms with Crippen LogP contribution in [0.4, 0.5) is 0 Å². The molecule has 0 aromatic carbocycles. The van der Waals surface area contributed by atoms with Gasteiger partial charge in [0.25, 0.3) is 0 Å². The molecule has 0 fully saturated rings. The van der Waals surface area contributed by atoms with Gasteiger partial charge in [-0.2, -0.15) is 0 Å². The molecule has 0 saturated carbocycles. The molecule has 0 spiro atoms. The van der Waals surface area contributed by atoms with Gasteiger partial charge in [-0.1, -0.05) is 77.6 Å². The summed E-state index contributed by atoms with van der Waals surface area (Å²) in [5.74, 6) is 6.04. The molecule has 0 bridgehead atoms. The number of ether oxygens (including phenoxy) is 2. The van der Waals surface area contributed by atoms with Crippen LogP contribution in [-0.4, -0.2) is 25.2 Å². The molecule has 0 aliphatic heterocycles. The Kier molecular flexibility index (Phi) is 19.2. The molecule has 0 atom stereocenters. The molecule has 0 radical (unpaired) electrons.